The molecular weight excluding hydrogens is 462 g/mol. The second kappa shape index (κ2) is 8.87. The molecule has 6 aromatic rings. The topological polar surface area (TPSA) is 73.9 Å². The van der Waals surface area contributed by atoms with E-state index in [1.54, 1.807) is 17.1 Å². The van der Waals surface area contributed by atoms with Crippen molar-refractivity contribution in [2.45, 2.75) is 12.5 Å². The molecule has 7 nitrogen and oxygen atoms in total. The molecule has 0 aliphatic carbocycles. The zero-order valence-electron chi connectivity index (χ0n) is 19.7. The van der Waals surface area contributed by atoms with E-state index in [1.165, 1.54) is 0 Å². The molecule has 37 heavy (non-hydrogen) atoms. The van der Waals surface area contributed by atoms with Gasteiger partial charge in [0.1, 0.15) is 12.1 Å². The van der Waals surface area contributed by atoms with Gasteiger partial charge in [-0.3, -0.25) is 0 Å². The quantitative estimate of drug-likeness (QED) is 0.218. The molecule has 0 spiro atoms. The minimum atomic E-state index is -0.116. The highest BCUT2D eigenvalue weighted by Crippen LogP contribution is 2.50. The average Bonchev–Trinajstić information content (AvgIpc) is 3.38. The summed E-state index contributed by atoms with van der Waals surface area (Å²) in [6.45, 7) is 0.137. The monoisotopic (exact) mass is 483 g/mol. The third kappa shape index (κ3) is 3.77. The highest BCUT2D eigenvalue weighted by atomic mass is 16.6. The van der Waals surface area contributed by atoms with Crippen LogP contribution in [0, 0.1) is 0 Å². The van der Waals surface area contributed by atoms with Crippen LogP contribution in [-0.2, 0) is 11.4 Å². The van der Waals surface area contributed by atoms with Crippen LogP contribution in [0.15, 0.2) is 109 Å². The maximum atomic E-state index is 6.46. The molecule has 0 radical (unpaired) electrons. The van der Waals surface area contributed by atoms with E-state index < -0.39 is 0 Å². The molecule has 0 bridgehead atoms. The number of aromatic nitrogens is 4. The Bertz CT molecular complexity index is 1760. The van der Waals surface area contributed by atoms with Gasteiger partial charge >= 0.3 is 0 Å². The third-order valence-electron chi connectivity index (χ3n) is 6.54. The molecule has 0 saturated carbocycles. The second-order valence-corrected chi connectivity index (χ2v) is 8.83. The van der Waals surface area contributed by atoms with Gasteiger partial charge in [0, 0.05) is 16.9 Å². The number of fused-ring (bicyclic) bond motifs is 6. The third-order valence-corrected chi connectivity index (χ3v) is 6.54. The Morgan fingerprint density at radius 1 is 0.892 bits per heavy atom. The maximum Gasteiger partial charge on any atom is 0.228 e. The molecule has 0 saturated heterocycles. The van der Waals surface area contributed by atoms with Crippen LogP contribution in [0.2, 0.25) is 0 Å². The van der Waals surface area contributed by atoms with Gasteiger partial charge in [-0.05, 0) is 16.5 Å². The zero-order chi connectivity index (χ0) is 24.6. The summed E-state index contributed by atoms with van der Waals surface area (Å²) in [7, 11) is 0. The Hall–Kier alpha value is -5.04. The van der Waals surface area contributed by atoms with Gasteiger partial charge in [0.05, 0.1) is 11.8 Å². The van der Waals surface area contributed by atoms with Gasteiger partial charge in [0.2, 0.25) is 5.88 Å². The predicted octanol–water partition coefficient (Wildman–Crippen LogP) is 6.11. The van der Waals surface area contributed by atoms with Gasteiger partial charge in [0.25, 0.3) is 0 Å². The van der Waals surface area contributed by atoms with Crippen molar-refractivity contribution < 1.29 is 9.57 Å². The van der Waals surface area contributed by atoms with E-state index >= 15 is 0 Å². The lowest BCUT2D eigenvalue weighted by atomic mass is 9.83. The van der Waals surface area contributed by atoms with E-state index in [2.05, 4.69) is 51.6 Å². The van der Waals surface area contributed by atoms with Crippen molar-refractivity contribution in [1.82, 2.24) is 19.6 Å². The maximum absolute atomic E-state index is 6.46. The molecule has 0 amide bonds. The first kappa shape index (κ1) is 21.3. The molecular formula is C30H21N5O2. The van der Waals surface area contributed by atoms with E-state index in [0.717, 1.165) is 38.8 Å². The lowest BCUT2D eigenvalue weighted by Gasteiger charge is -2.28. The first-order valence-electron chi connectivity index (χ1n) is 12.0. The molecule has 178 valence electrons. The van der Waals surface area contributed by atoms with Gasteiger partial charge in [-0.25, -0.2) is 14.5 Å². The van der Waals surface area contributed by atoms with Crippen molar-refractivity contribution in [2.75, 3.05) is 0 Å². The fraction of sp³-hybridized carbons (Fsp3) is 0.0667. The number of hydrogen-bond donors (Lipinski definition) is 0. The fourth-order valence-electron chi connectivity index (χ4n) is 4.88. The van der Waals surface area contributed by atoms with Crippen molar-refractivity contribution >= 4 is 22.6 Å². The van der Waals surface area contributed by atoms with E-state index in [4.69, 9.17) is 14.6 Å². The molecule has 7 heteroatoms. The second-order valence-electron chi connectivity index (χ2n) is 8.83. The van der Waals surface area contributed by atoms with Crippen LogP contribution in [0.25, 0.3) is 16.4 Å². The molecule has 0 N–H and O–H groups in total. The molecule has 1 atom stereocenters. The summed E-state index contributed by atoms with van der Waals surface area (Å²) in [4.78, 5) is 15.0. The molecule has 2 aromatic heterocycles. The normalized spacial score (nSPS) is 14.4. The van der Waals surface area contributed by atoms with Crippen molar-refractivity contribution in [3.63, 3.8) is 0 Å². The average molecular weight is 484 g/mol. The number of rotatable bonds is 5. The molecule has 1 aliphatic heterocycles. The summed E-state index contributed by atoms with van der Waals surface area (Å²) < 4.78 is 8.14. The molecule has 0 fully saturated rings. The SMILES string of the molecule is C(=N\OCc1nc2c3c(ncn2n1)Oc1c(ccc2ccccc12)C3c1ccccc1)/c1ccccc1. The summed E-state index contributed by atoms with van der Waals surface area (Å²) in [5.74, 6) is 1.76. The van der Waals surface area contributed by atoms with Gasteiger partial charge in [-0.2, -0.15) is 0 Å². The number of benzene rings is 4. The van der Waals surface area contributed by atoms with Gasteiger partial charge in [0.15, 0.2) is 18.1 Å². The van der Waals surface area contributed by atoms with Crippen LogP contribution in [-0.4, -0.2) is 25.8 Å². The van der Waals surface area contributed by atoms with Gasteiger partial charge < -0.3 is 9.57 Å². The summed E-state index contributed by atoms with van der Waals surface area (Å²) in [6.07, 6.45) is 3.30. The summed E-state index contributed by atoms with van der Waals surface area (Å²) in [5.41, 5.74) is 4.72. The zero-order valence-corrected chi connectivity index (χ0v) is 19.7. The predicted molar refractivity (Wildman–Crippen MR) is 141 cm³/mol. The minimum Gasteiger partial charge on any atom is -0.438 e. The fourth-order valence-corrected chi connectivity index (χ4v) is 4.88. The molecule has 1 aliphatic rings. The van der Waals surface area contributed by atoms with E-state index in [0.29, 0.717) is 17.4 Å². The summed E-state index contributed by atoms with van der Waals surface area (Å²) in [6, 6.07) is 32.7. The van der Waals surface area contributed by atoms with Crippen LogP contribution in [0.1, 0.15) is 34.0 Å². The van der Waals surface area contributed by atoms with Crippen LogP contribution in [0.5, 0.6) is 11.6 Å². The molecule has 4 aromatic carbocycles. The number of hydrogen-bond acceptors (Lipinski definition) is 6. The van der Waals surface area contributed by atoms with E-state index in [9.17, 15) is 0 Å². The highest BCUT2D eigenvalue weighted by Gasteiger charge is 2.34. The van der Waals surface area contributed by atoms with E-state index in [1.807, 2.05) is 60.7 Å². The van der Waals surface area contributed by atoms with Crippen LogP contribution in [0.3, 0.4) is 0 Å². The summed E-state index contributed by atoms with van der Waals surface area (Å²) in [5, 5.41) is 10.8. The number of oxime groups is 1. The minimum absolute atomic E-state index is 0.116. The Morgan fingerprint density at radius 2 is 1.68 bits per heavy atom. The van der Waals surface area contributed by atoms with Crippen LogP contribution < -0.4 is 4.74 Å². The van der Waals surface area contributed by atoms with Crippen molar-refractivity contribution in [1.29, 1.82) is 0 Å². The van der Waals surface area contributed by atoms with Gasteiger partial charge in [-0.1, -0.05) is 102 Å². The highest BCUT2D eigenvalue weighted by molar-refractivity contribution is 5.91. The Kier molecular flexibility index (Phi) is 5.10. The lowest BCUT2D eigenvalue weighted by Crippen LogP contribution is -2.15. The smallest absolute Gasteiger partial charge is 0.228 e. The van der Waals surface area contributed by atoms with Crippen molar-refractivity contribution in [2.24, 2.45) is 5.16 Å². The number of nitrogens with zero attached hydrogens (tertiary/aromatic N) is 5. The Balaban J connectivity index is 1.31. The number of ether oxygens (including phenoxy) is 1. The Morgan fingerprint density at radius 3 is 2.54 bits per heavy atom. The standard InChI is InChI=1S/C30H21N5O2/c1-3-9-20(10-4-1)17-32-36-18-25-33-29-27-26(22-12-5-2-6-13-22)24-16-15-21-11-7-8-14-23(21)28(24)37-30(27)31-19-35(29)34-25/h1-17,19,26H,18H2/b32-17+. The first-order valence-corrected chi connectivity index (χ1v) is 12.0. The molecule has 1 unspecified atom stereocenters. The molecule has 7 rings (SSSR count). The van der Waals surface area contributed by atoms with Crippen LogP contribution in [0.4, 0.5) is 0 Å². The van der Waals surface area contributed by atoms with Crippen molar-refractivity contribution in [3.05, 3.63) is 131 Å². The van der Waals surface area contributed by atoms with Crippen molar-refractivity contribution in [3.8, 4) is 11.6 Å². The summed E-state index contributed by atoms with van der Waals surface area (Å²) >= 11 is 0. The first-order chi connectivity index (χ1) is 18.3. The molecule has 3 heterocycles. The Labute approximate surface area is 212 Å². The lowest BCUT2D eigenvalue weighted by molar-refractivity contribution is 0.126. The van der Waals surface area contributed by atoms with Gasteiger partial charge in [-0.15, -0.1) is 5.10 Å². The van der Waals surface area contributed by atoms with E-state index in [-0.39, 0.29) is 12.5 Å². The largest absolute Gasteiger partial charge is 0.438 e. The van der Waals surface area contributed by atoms with Crippen LogP contribution >= 0.6 is 0 Å².